The number of aliphatic imine (C=N–C) groups is 1. The van der Waals surface area contributed by atoms with E-state index < -0.39 is 10.5 Å². The number of aromatic nitrogens is 2. The lowest BCUT2D eigenvalue weighted by atomic mass is 10.1. The van der Waals surface area contributed by atoms with Gasteiger partial charge in [-0.2, -0.15) is 5.10 Å². The Hall–Kier alpha value is -3.30. The number of carbonyl (C=O) groups excluding carboxylic acids is 1. The Balaban J connectivity index is 2.20. The van der Waals surface area contributed by atoms with Crippen LogP contribution in [0.25, 0.3) is 10.8 Å². The Kier molecular flexibility index (Phi) is 3.05. The molecule has 0 spiro atoms. The van der Waals surface area contributed by atoms with Crippen LogP contribution in [-0.4, -0.2) is 33.4 Å². The van der Waals surface area contributed by atoms with Crippen LogP contribution in [0.1, 0.15) is 6.92 Å². The second kappa shape index (κ2) is 4.91. The second-order valence-corrected chi connectivity index (χ2v) is 4.61. The predicted molar refractivity (Wildman–Crippen MR) is 78.4 cm³/mol. The summed E-state index contributed by atoms with van der Waals surface area (Å²) in [6, 6.07) is 2.72. The summed E-state index contributed by atoms with van der Waals surface area (Å²) in [4.78, 5) is 37.4. The molecule has 1 aliphatic heterocycles. The van der Waals surface area contributed by atoms with Crippen molar-refractivity contribution in [3.63, 3.8) is 0 Å². The van der Waals surface area contributed by atoms with Crippen LogP contribution in [0.5, 0.6) is 0 Å². The summed E-state index contributed by atoms with van der Waals surface area (Å²) in [6.45, 7) is 1.52. The van der Waals surface area contributed by atoms with Crippen LogP contribution in [-0.2, 0) is 4.79 Å². The summed E-state index contributed by atoms with van der Waals surface area (Å²) in [5, 5.41) is 22.8. The topological polar surface area (TPSA) is 142 Å². The third-order valence-corrected chi connectivity index (χ3v) is 3.12. The van der Waals surface area contributed by atoms with E-state index in [1.54, 1.807) is 0 Å². The molecule has 10 heteroatoms. The van der Waals surface area contributed by atoms with Crippen molar-refractivity contribution < 1.29 is 9.72 Å². The molecule has 1 amide bonds. The van der Waals surface area contributed by atoms with Crippen molar-refractivity contribution in [3.05, 3.63) is 32.6 Å². The first kappa shape index (κ1) is 13.7. The lowest BCUT2D eigenvalue weighted by Crippen LogP contribution is -2.32. The maximum absolute atomic E-state index is 11.9. The van der Waals surface area contributed by atoms with E-state index >= 15 is 0 Å². The fourth-order valence-corrected chi connectivity index (χ4v) is 2.21. The predicted octanol–water partition coefficient (Wildman–Crippen LogP) is 0.423. The molecule has 2 heterocycles. The van der Waals surface area contributed by atoms with Gasteiger partial charge in [-0.25, -0.2) is 10.1 Å². The Morgan fingerprint density at radius 2 is 2.18 bits per heavy atom. The molecule has 3 N–H and O–H groups in total. The molecule has 1 aliphatic rings. The van der Waals surface area contributed by atoms with Crippen LogP contribution in [0.4, 0.5) is 17.2 Å². The number of nitrogens with zero attached hydrogens (tertiary/aromatic N) is 3. The van der Waals surface area contributed by atoms with Gasteiger partial charge in [-0.3, -0.25) is 19.7 Å². The molecule has 0 aliphatic carbocycles. The molecule has 3 rings (SSSR count). The quantitative estimate of drug-likeness (QED) is 0.554. The number of benzene rings is 1. The lowest BCUT2D eigenvalue weighted by molar-refractivity contribution is -0.383. The van der Waals surface area contributed by atoms with E-state index in [1.807, 2.05) is 0 Å². The number of amidine groups is 1. The van der Waals surface area contributed by atoms with Crippen molar-refractivity contribution in [2.75, 3.05) is 11.9 Å². The third kappa shape index (κ3) is 2.16. The zero-order valence-corrected chi connectivity index (χ0v) is 11.3. The van der Waals surface area contributed by atoms with Crippen molar-refractivity contribution in [1.82, 2.24) is 15.5 Å². The monoisotopic (exact) mass is 302 g/mol. The van der Waals surface area contributed by atoms with Crippen LogP contribution >= 0.6 is 0 Å². The number of carbonyl (C=O) groups is 1. The number of anilines is 1. The highest BCUT2D eigenvalue weighted by atomic mass is 16.6. The molecule has 2 aromatic rings. The zero-order chi connectivity index (χ0) is 15.9. The first-order valence-corrected chi connectivity index (χ1v) is 6.26. The van der Waals surface area contributed by atoms with Gasteiger partial charge in [-0.1, -0.05) is 0 Å². The molecule has 22 heavy (non-hydrogen) atoms. The summed E-state index contributed by atoms with van der Waals surface area (Å²) in [6.07, 6.45) is 0. The van der Waals surface area contributed by atoms with Crippen molar-refractivity contribution >= 4 is 39.7 Å². The highest BCUT2D eigenvalue weighted by Crippen LogP contribution is 2.36. The van der Waals surface area contributed by atoms with Crippen molar-refractivity contribution in [1.29, 1.82) is 0 Å². The van der Waals surface area contributed by atoms with Crippen molar-refractivity contribution in [3.8, 4) is 0 Å². The van der Waals surface area contributed by atoms with E-state index in [9.17, 15) is 19.7 Å². The maximum Gasteiger partial charge on any atom is 0.283 e. The minimum absolute atomic E-state index is 0.0812. The zero-order valence-electron chi connectivity index (χ0n) is 11.3. The number of aromatic amines is 1. The summed E-state index contributed by atoms with van der Waals surface area (Å²) in [5.74, 6) is 0.350. The van der Waals surface area contributed by atoms with Crippen molar-refractivity contribution in [2.45, 2.75) is 6.92 Å². The second-order valence-electron chi connectivity index (χ2n) is 4.61. The number of H-pyrrole nitrogens is 1. The smallest absolute Gasteiger partial charge is 0.283 e. The van der Waals surface area contributed by atoms with Gasteiger partial charge in [0.25, 0.3) is 11.2 Å². The van der Waals surface area contributed by atoms with E-state index in [0.29, 0.717) is 11.5 Å². The lowest BCUT2D eigenvalue weighted by Gasteiger charge is -2.17. The first-order valence-electron chi connectivity index (χ1n) is 6.26. The third-order valence-electron chi connectivity index (χ3n) is 3.12. The largest absolute Gasteiger partial charge is 0.349 e. The SMILES string of the molecule is CC(=O)NCC1=Nc2n[nH]c(=O)c3c([N+](=O)[O-])ccc(c23)N1. The highest BCUT2D eigenvalue weighted by molar-refractivity contribution is 6.15. The van der Waals surface area contributed by atoms with Crippen LogP contribution in [0.3, 0.4) is 0 Å². The molecule has 1 aromatic carbocycles. The molecular weight excluding hydrogens is 292 g/mol. The fraction of sp³-hybridized carbons (Fsp3) is 0.167. The molecule has 0 fully saturated rings. The Labute approximate surface area is 122 Å². The van der Waals surface area contributed by atoms with Gasteiger partial charge < -0.3 is 10.6 Å². The Morgan fingerprint density at radius 1 is 1.41 bits per heavy atom. The highest BCUT2D eigenvalue weighted by Gasteiger charge is 2.24. The average Bonchev–Trinajstić information content (AvgIpc) is 2.48. The van der Waals surface area contributed by atoms with Gasteiger partial charge in [-0.15, -0.1) is 0 Å². The van der Waals surface area contributed by atoms with Crippen molar-refractivity contribution in [2.24, 2.45) is 4.99 Å². The van der Waals surface area contributed by atoms with Gasteiger partial charge in [0, 0.05) is 13.0 Å². The van der Waals surface area contributed by atoms with Gasteiger partial charge >= 0.3 is 0 Å². The summed E-state index contributed by atoms with van der Waals surface area (Å²) in [7, 11) is 0. The molecular formula is C12H10N6O4. The van der Waals surface area contributed by atoms with Gasteiger partial charge in [0.05, 0.1) is 22.5 Å². The van der Waals surface area contributed by atoms with Crippen LogP contribution < -0.4 is 16.2 Å². The van der Waals surface area contributed by atoms with E-state index in [1.165, 1.54) is 19.1 Å². The molecule has 10 nitrogen and oxygen atoms in total. The number of hydrogen-bond acceptors (Lipinski definition) is 7. The number of nitro benzene ring substituents is 1. The van der Waals surface area contributed by atoms with Gasteiger partial charge in [-0.05, 0) is 6.07 Å². The normalized spacial score (nSPS) is 12.5. The summed E-state index contributed by atoms with van der Waals surface area (Å²) in [5.41, 5.74) is -0.495. The molecule has 0 bridgehead atoms. The molecule has 0 radical (unpaired) electrons. The Morgan fingerprint density at radius 3 is 2.86 bits per heavy atom. The van der Waals surface area contributed by atoms with Gasteiger partial charge in [0.15, 0.2) is 5.82 Å². The molecule has 0 atom stereocenters. The van der Waals surface area contributed by atoms with Crippen LogP contribution in [0.15, 0.2) is 21.9 Å². The number of hydrogen-bond donors (Lipinski definition) is 3. The summed E-state index contributed by atoms with van der Waals surface area (Å²) >= 11 is 0. The van der Waals surface area contributed by atoms with Crippen LogP contribution in [0, 0.1) is 10.1 Å². The number of non-ortho nitro benzene ring substituents is 1. The number of nitrogens with one attached hydrogen (secondary N) is 3. The number of nitro groups is 1. The van der Waals surface area contributed by atoms with E-state index in [0.717, 1.165) is 0 Å². The fourth-order valence-electron chi connectivity index (χ4n) is 2.21. The average molecular weight is 302 g/mol. The number of amides is 1. The first-order chi connectivity index (χ1) is 10.5. The standard InChI is InChI=1S/C12H10N6O4/c1-5(19)13-4-8-14-6-2-3-7(18(21)22)10-9(6)11(15-8)16-17-12(10)20/h2-3H,4H2,1H3,(H,13,19)(H,17,20)(H,14,15,16). The minimum Gasteiger partial charge on any atom is -0.349 e. The van der Waals surface area contributed by atoms with Gasteiger partial charge in [0.1, 0.15) is 11.2 Å². The van der Waals surface area contributed by atoms with Gasteiger partial charge in [0.2, 0.25) is 5.91 Å². The number of rotatable bonds is 3. The Bertz CT molecular complexity index is 900. The molecule has 0 unspecified atom stereocenters. The van der Waals surface area contributed by atoms with E-state index in [-0.39, 0.29) is 34.7 Å². The minimum atomic E-state index is -0.658. The maximum atomic E-state index is 11.9. The van der Waals surface area contributed by atoms with Crippen LogP contribution in [0.2, 0.25) is 0 Å². The van der Waals surface area contributed by atoms with E-state index in [2.05, 4.69) is 25.8 Å². The molecule has 0 saturated heterocycles. The molecule has 0 saturated carbocycles. The molecule has 1 aromatic heterocycles. The summed E-state index contributed by atoms with van der Waals surface area (Å²) < 4.78 is 0. The van der Waals surface area contributed by atoms with E-state index in [4.69, 9.17) is 0 Å². The molecule has 112 valence electrons.